The molecule has 0 saturated heterocycles. The number of fused-ring (bicyclic) bond motifs is 1. The van der Waals surface area contributed by atoms with Crippen LogP contribution in [0.25, 0.3) is 11.0 Å². The molecular formula is C26H21ClO6. The smallest absolute Gasteiger partial charge is 0.315 e. The lowest BCUT2D eigenvalue weighted by Crippen LogP contribution is -2.12. The predicted molar refractivity (Wildman–Crippen MR) is 126 cm³/mol. The zero-order valence-corrected chi connectivity index (χ0v) is 18.8. The SMILES string of the molecule is CCOc1ccccc1Oc1c(C)oc2cc(OC(=O)Cc3ccc(Cl)cc3)ccc2c1=O. The molecule has 0 bridgehead atoms. The first-order chi connectivity index (χ1) is 15.9. The first kappa shape index (κ1) is 22.4. The van der Waals surface area contributed by atoms with E-state index in [2.05, 4.69) is 0 Å². The molecular weight excluding hydrogens is 444 g/mol. The van der Waals surface area contributed by atoms with Crippen molar-refractivity contribution in [1.82, 2.24) is 0 Å². The molecule has 0 spiro atoms. The van der Waals surface area contributed by atoms with Gasteiger partial charge in [-0.05, 0) is 55.8 Å². The minimum atomic E-state index is -0.441. The third kappa shape index (κ3) is 5.18. The highest BCUT2D eigenvalue weighted by atomic mass is 35.5. The third-order valence-corrected chi connectivity index (χ3v) is 5.09. The van der Waals surface area contributed by atoms with Crippen LogP contribution in [-0.4, -0.2) is 12.6 Å². The van der Waals surface area contributed by atoms with Crippen LogP contribution in [0.3, 0.4) is 0 Å². The summed E-state index contributed by atoms with van der Waals surface area (Å²) in [6.07, 6.45) is 0.0875. The molecule has 4 aromatic rings. The minimum absolute atomic E-state index is 0.0714. The van der Waals surface area contributed by atoms with Gasteiger partial charge in [0.05, 0.1) is 18.4 Å². The molecule has 0 aliphatic rings. The summed E-state index contributed by atoms with van der Waals surface area (Å²) >= 11 is 5.87. The van der Waals surface area contributed by atoms with Gasteiger partial charge in [0.1, 0.15) is 17.1 Å². The van der Waals surface area contributed by atoms with Crippen LogP contribution in [0.4, 0.5) is 0 Å². The number of hydrogen-bond acceptors (Lipinski definition) is 6. The second-order valence-corrected chi connectivity index (χ2v) is 7.67. The van der Waals surface area contributed by atoms with Crippen LogP contribution >= 0.6 is 11.6 Å². The van der Waals surface area contributed by atoms with Gasteiger partial charge in [0.2, 0.25) is 11.2 Å². The van der Waals surface area contributed by atoms with Crippen molar-refractivity contribution in [3.63, 3.8) is 0 Å². The Balaban J connectivity index is 1.58. The number of rotatable bonds is 7. The Bertz CT molecular complexity index is 1360. The summed E-state index contributed by atoms with van der Waals surface area (Å²) in [6.45, 7) is 3.97. The van der Waals surface area contributed by atoms with E-state index < -0.39 is 5.97 Å². The van der Waals surface area contributed by atoms with E-state index in [0.717, 1.165) is 5.56 Å². The van der Waals surface area contributed by atoms with E-state index in [1.54, 1.807) is 61.5 Å². The maximum atomic E-state index is 13.1. The zero-order valence-electron chi connectivity index (χ0n) is 18.1. The summed E-state index contributed by atoms with van der Waals surface area (Å²) in [4.78, 5) is 25.4. The van der Waals surface area contributed by atoms with Crippen molar-refractivity contribution in [1.29, 1.82) is 0 Å². The van der Waals surface area contributed by atoms with E-state index in [-0.39, 0.29) is 23.3 Å². The van der Waals surface area contributed by atoms with Gasteiger partial charge >= 0.3 is 5.97 Å². The molecule has 0 N–H and O–H groups in total. The van der Waals surface area contributed by atoms with Gasteiger partial charge in [-0.3, -0.25) is 9.59 Å². The Morgan fingerprint density at radius 1 is 1.00 bits per heavy atom. The fourth-order valence-corrected chi connectivity index (χ4v) is 3.43. The van der Waals surface area contributed by atoms with Crippen molar-refractivity contribution in [2.45, 2.75) is 20.3 Å². The van der Waals surface area contributed by atoms with Crippen LogP contribution in [0.2, 0.25) is 5.02 Å². The quantitative estimate of drug-likeness (QED) is 0.243. The van der Waals surface area contributed by atoms with Gasteiger partial charge in [-0.25, -0.2) is 0 Å². The molecule has 33 heavy (non-hydrogen) atoms. The summed E-state index contributed by atoms with van der Waals surface area (Å²) in [5.74, 6) is 1.15. The predicted octanol–water partition coefficient (Wildman–Crippen LogP) is 6.09. The standard InChI is InChI=1S/C26H21ClO6/c1-3-30-21-6-4-5-7-22(21)33-26-16(2)31-23-15-19(12-13-20(23)25(26)29)32-24(28)14-17-8-10-18(27)11-9-17/h4-13,15H,3,14H2,1-2H3. The highest BCUT2D eigenvalue weighted by Gasteiger charge is 2.17. The van der Waals surface area contributed by atoms with E-state index in [0.29, 0.717) is 39.9 Å². The molecule has 0 saturated carbocycles. The first-order valence-corrected chi connectivity index (χ1v) is 10.7. The van der Waals surface area contributed by atoms with Crippen molar-refractivity contribution >= 4 is 28.5 Å². The average molecular weight is 465 g/mol. The van der Waals surface area contributed by atoms with Crippen molar-refractivity contribution in [3.8, 4) is 23.0 Å². The molecule has 0 atom stereocenters. The summed E-state index contributed by atoms with van der Waals surface area (Å²) in [5, 5.41) is 0.902. The molecule has 0 radical (unpaired) electrons. The van der Waals surface area contributed by atoms with E-state index in [1.807, 2.05) is 13.0 Å². The van der Waals surface area contributed by atoms with Gasteiger partial charge in [-0.1, -0.05) is 35.9 Å². The molecule has 0 amide bonds. The fraction of sp³-hybridized carbons (Fsp3) is 0.154. The van der Waals surface area contributed by atoms with Gasteiger partial charge in [0.15, 0.2) is 11.5 Å². The van der Waals surface area contributed by atoms with Gasteiger partial charge in [-0.2, -0.15) is 0 Å². The van der Waals surface area contributed by atoms with Crippen molar-refractivity contribution in [2.75, 3.05) is 6.61 Å². The lowest BCUT2D eigenvalue weighted by atomic mass is 10.1. The number of esters is 1. The molecule has 3 aromatic carbocycles. The molecule has 4 rings (SSSR count). The topological polar surface area (TPSA) is 75.0 Å². The van der Waals surface area contributed by atoms with E-state index in [1.165, 1.54) is 6.07 Å². The van der Waals surface area contributed by atoms with E-state index >= 15 is 0 Å². The highest BCUT2D eigenvalue weighted by Crippen LogP contribution is 2.33. The van der Waals surface area contributed by atoms with Crippen molar-refractivity contribution in [2.24, 2.45) is 0 Å². The molecule has 0 aliphatic carbocycles. The Kier molecular flexibility index (Phi) is 6.66. The second kappa shape index (κ2) is 9.79. The number of carbonyl (C=O) groups excluding carboxylic acids is 1. The van der Waals surface area contributed by atoms with Crippen LogP contribution in [0, 0.1) is 6.92 Å². The Hall–Kier alpha value is -3.77. The summed E-state index contributed by atoms with van der Waals surface area (Å²) < 4.78 is 22.7. The monoisotopic (exact) mass is 464 g/mol. The van der Waals surface area contributed by atoms with Gasteiger partial charge in [-0.15, -0.1) is 0 Å². The third-order valence-electron chi connectivity index (χ3n) is 4.84. The maximum absolute atomic E-state index is 13.1. The number of benzene rings is 3. The largest absolute Gasteiger partial charge is 0.490 e. The average Bonchev–Trinajstić information content (AvgIpc) is 2.79. The summed E-state index contributed by atoms with van der Waals surface area (Å²) in [7, 11) is 0. The molecule has 1 heterocycles. The summed E-state index contributed by atoms with van der Waals surface area (Å²) in [5.41, 5.74) is 0.737. The van der Waals surface area contributed by atoms with Crippen molar-refractivity contribution < 1.29 is 23.4 Å². The van der Waals surface area contributed by atoms with Crippen LogP contribution in [0.5, 0.6) is 23.0 Å². The normalized spacial score (nSPS) is 10.8. The van der Waals surface area contributed by atoms with E-state index in [9.17, 15) is 9.59 Å². The van der Waals surface area contributed by atoms with Gasteiger partial charge < -0.3 is 18.6 Å². The van der Waals surface area contributed by atoms with Crippen LogP contribution < -0.4 is 19.6 Å². The molecule has 1 aromatic heterocycles. The lowest BCUT2D eigenvalue weighted by Gasteiger charge is -2.13. The Labute approximate surface area is 195 Å². The first-order valence-electron chi connectivity index (χ1n) is 10.4. The number of aryl methyl sites for hydroxylation is 1. The summed E-state index contributed by atoms with van der Waals surface area (Å²) in [6, 6.07) is 18.7. The molecule has 168 valence electrons. The number of carbonyl (C=O) groups is 1. The van der Waals surface area contributed by atoms with Gasteiger partial charge in [0, 0.05) is 11.1 Å². The molecule has 6 nitrogen and oxygen atoms in total. The number of ether oxygens (including phenoxy) is 3. The molecule has 7 heteroatoms. The molecule has 0 fully saturated rings. The van der Waals surface area contributed by atoms with E-state index in [4.69, 9.17) is 30.2 Å². The van der Waals surface area contributed by atoms with Gasteiger partial charge in [0.25, 0.3) is 0 Å². The van der Waals surface area contributed by atoms with Crippen LogP contribution in [-0.2, 0) is 11.2 Å². The number of hydrogen-bond donors (Lipinski definition) is 0. The fourth-order valence-electron chi connectivity index (χ4n) is 3.31. The maximum Gasteiger partial charge on any atom is 0.315 e. The Morgan fingerprint density at radius 2 is 1.73 bits per heavy atom. The van der Waals surface area contributed by atoms with Crippen LogP contribution in [0.15, 0.2) is 75.9 Å². The molecule has 0 aliphatic heterocycles. The number of para-hydroxylation sites is 2. The van der Waals surface area contributed by atoms with Crippen molar-refractivity contribution in [3.05, 3.63) is 93.3 Å². The minimum Gasteiger partial charge on any atom is -0.490 e. The Morgan fingerprint density at radius 3 is 2.45 bits per heavy atom. The number of halogens is 1. The highest BCUT2D eigenvalue weighted by molar-refractivity contribution is 6.30. The second-order valence-electron chi connectivity index (χ2n) is 7.23. The van der Waals surface area contributed by atoms with Crippen LogP contribution in [0.1, 0.15) is 18.2 Å². The molecule has 0 unspecified atom stereocenters. The lowest BCUT2D eigenvalue weighted by molar-refractivity contribution is -0.133. The zero-order chi connectivity index (χ0) is 23.4.